The quantitative estimate of drug-likeness (QED) is 0.575. The maximum Gasteiger partial charge on any atom is 0.262 e. The number of hydrogen-bond acceptors (Lipinski definition) is 3. The van der Waals surface area contributed by atoms with Gasteiger partial charge in [0.25, 0.3) is 11.8 Å². The molecule has 2 aromatic rings. The summed E-state index contributed by atoms with van der Waals surface area (Å²) in [7, 11) is 0. The Morgan fingerprint density at radius 3 is 2.44 bits per heavy atom. The second-order valence-corrected chi connectivity index (χ2v) is 6.77. The minimum absolute atomic E-state index is 0.0752. The fourth-order valence-corrected chi connectivity index (χ4v) is 2.59. The van der Waals surface area contributed by atoms with Crippen LogP contribution in [0.2, 0.25) is 0 Å². The van der Waals surface area contributed by atoms with E-state index in [1.165, 1.54) is 0 Å². The molecule has 0 aromatic heterocycles. The van der Waals surface area contributed by atoms with Crippen molar-refractivity contribution in [1.82, 2.24) is 10.7 Å². The molecule has 1 unspecified atom stereocenters. The van der Waals surface area contributed by atoms with E-state index in [4.69, 9.17) is 0 Å². The number of amides is 2. The van der Waals surface area contributed by atoms with Crippen LogP contribution < -0.4 is 10.7 Å². The van der Waals surface area contributed by atoms with E-state index in [0.717, 1.165) is 10.0 Å². The van der Waals surface area contributed by atoms with Gasteiger partial charge in [-0.3, -0.25) is 9.59 Å². The van der Waals surface area contributed by atoms with E-state index in [1.807, 2.05) is 44.2 Å². The highest BCUT2D eigenvalue weighted by molar-refractivity contribution is 9.10. The summed E-state index contributed by atoms with van der Waals surface area (Å²) < 4.78 is 0.929. The monoisotopic (exact) mass is 401 g/mol. The lowest BCUT2D eigenvalue weighted by Crippen LogP contribution is -2.48. The summed E-state index contributed by atoms with van der Waals surface area (Å²) in [5.74, 6) is -0.718. The van der Waals surface area contributed by atoms with Crippen molar-refractivity contribution in [2.75, 3.05) is 0 Å². The van der Waals surface area contributed by atoms with Crippen LogP contribution in [0.4, 0.5) is 0 Å². The number of hydrazone groups is 1. The van der Waals surface area contributed by atoms with Crippen molar-refractivity contribution < 1.29 is 9.59 Å². The molecule has 25 heavy (non-hydrogen) atoms. The molecule has 2 aromatic carbocycles. The fraction of sp³-hybridized carbons (Fsp3) is 0.211. The van der Waals surface area contributed by atoms with Gasteiger partial charge in [0.15, 0.2) is 0 Å². The molecule has 0 fully saturated rings. The van der Waals surface area contributed by atoms with E-state index in [0.29, 0.717) is 5.56 Å². The zero-order chi connectivity index (χ0) is 18.2. The minimum Gasteiger partial charge on any atom is -0.340 e. The van der Waals surface area contributed by atoms with E-state index in [-0.39, 0.29) is 17.7 Å². The van der Waals surface area contributed by atoms with Gasteiger partial charge in [0.2, 0.25) is 0 Å². The first-order valence-electron chi connectivity index (χ1n) is 7.92. The summed E-state index contributed by atoms with van der Waals surface area (Å²) in [5, 5.41) is 6.73. The number of carbonyl (C=O) groups is 2. The highest BCUT2D eigenvalue weighted by atomic mass is 79.9. The molecule has 0 saturated heterocycles. The molecule has 0 bridgehead atoms. The standard InChI is InChI=1S/C19H20BrN3O2/c1-13(2)17(22-18(24)15-8-4-3-5-9-15)19(25)23-21-12-14-7-6-10-16(20)11-14/h3-13,17H,1-2H3,(H,22,24)(H,23,25). The Morgan fingerprint density at radius 1 is 1.08 bits per heavy atom. The van der Waals surface area contributed by atoms with Gasteiger partial charge in [-0.25, -0.2) is 5.43 Å². The maximum absolute atomic E-state index is 12.4. The number of hydrogen-bond donors (Lipinski definition) is 2. The number of nitrogens with zero attached hydrogens (tertiary/aromatic N) is 1. The van der Waals surface area contributed by atoms with Gasteiger partial charge in [-0.2, -0.15) is 5.10 Å². The van der Waals surface area contributed by atoms with E-state index < -0.39 is 6.04 Å². The highest BCUT2D eigenvalue weighted by Crippen LogP contribution is 2.10. The summed E-state index contributed by atoms with van der Waals surface area (Å²) in [5.41, 5.74) is 3.85. The van der Waals surface area contributed by atoms with Crippen LogP contribution in [0.15, 0.2) is 64.2 Å². The summed E-state index contributed by atoms with van der Waals surface area (Å²) in [6.07, 6.45) is 1.55. The molecule has 0 aliphatic carbocycles. The molecule has 0 saturated carbocycles. The van der Waals surface area contributed by atoms with Crippen molar-refractivity contribution in [3.05, 3.63) is 70.2 Å². The van der Waals surface area contributed by atoms with Gasteiger partial charge in [0.05, 0.1) is 6.21 Å². The zero-order valence-corrected chi connectivity index (χ0v) is 15.7. The summed E-state index contributed by atoms with van der Waals surface area (Å²) in [6.45, 7) is 3.74. The number of rotatable bonds is 6. The van der Waals surface area contributed by atoms with E-state index in [1.54, 1.807) is 30.5 Å². The molecule has 0 aliphatic heterocycles. The molecule has 0 radical (unpaired) electrons. The molecular weight excluding hydrogens is 382 g/mol. The van der Waals surface area contributed by atoms with Crippen LogP contribution in [0.3, 0.4) is 0 Å². The molecule has 2 rings (SSSR count). The number of benzene rings is 2. The Labute approximate surface area is 155 Å². The van der Waals surface area contributed by atoms with Crippen LogP contribution in [0.1, 0.15) is 29.8 Å². The predicted molar refractivity (Wildman–Crippen MR) is 102 cm³/mol. The van der Waals surface area contributed by atoms with Crippen molar-refractivity contribution in [3.8, 4) is 0 Å². The first-order chi connectivity index (χ1) is 12.0. The zero-order valence-electron chi connectivity index (χ0n) is 14.1. The maximum atomic E-state index is 12.4. The molecule has 1 atom stereocenters. The average molecular weight is 402 g/mol. The largest absolute Gasteiger partial charge is 0.340 e. The lowest BCUT2D eigenvalue weighted by Gasteiger charge is -2.20. The Bertz CT molecular complexity index is 760. The van der Waals surface area contributed by atoms with E-state index in [9.17, 15) is 9.59 Å². The smallest absolute Gasteiger partial charge is 0.262 e. The minimum atomic E-state index is -0.674. The van der Waals surface area contributed by atoms with Gasteiger partial charge in [0, 0.05) is 10.0 Å². The van der Waals surface area contributed by atoms with E-state index in [2.05, 4.69) is 31.8 Å². The van der Waals surface area contributed by atoms with Gasteiger partial charge in [-0.1, -0.05) is 60.1 Å². The average Bonchev–Trinajstić information content (AvgIpc) is 2.60. The first-order valence-corrected chi connectivity index (χ1v) is 8.71. The predicted octanol–water partition coefficient (Wildman–Crippen LogP) is 3.35. The van der Waals surface area contributed by atoms with Gasteiger partial charge in [0.1, 0.15) is 6.04 Å². The molecule has 5 nitrogen and oxygen atoms in total. The Balaban J connectivity index is 1.99. The van der Waals surface area contributed by atoms with Crippen molar-refractivity contribution in [2.45, 2.75) is 19.9 Å². The molecule has 0 aliphatic rings. The van der Waals surface area contributed by atoms with Crippen LogP contribution in [0, 0.1) is 5.92 Å². The Hall–Kier alpha value is -2.47. The normalized spacial score (nSPS) is 12.2. The van der Waals surface area contributed by atoms with Gasteiger partial charge >= 0.3 is 0 Å². The van der Waals surface area contributed by atoms with Gasteiger partial charge in [-0.15, -0.1) is 0 Å². The second-order valence-electron chi connectivity index (χ2n) is 5.85. The van der Waals surface area contributed by atoms with Crippen LogP contribution in [0.25, 0.3) is 0 Å². The highest BCUT2D eigenvalue weighted by Gasteiger charge is 2.24. The molecule has 0 spiro atoms. The van der Waals surface area contributed by atoms with Crippen molar-refractivity contribution in [1.29, 1.82) is 0 Å². The summed E-state index contributed by atoms with van der Waals surface area (Å²) >= 11 is 3.38. The topological polar surface area (TPSA) is 70.6 Å². The second kappa shape index (κ2) is 9.13. The van der Waals surface area contributed by atoms with Crippen LogP contribution in [-0.4, -0.2) is 24.1 Å². The molecule has 130 valence electrons. The Morgan fingerprint density at radius 2 is 1.80 bits per heavy atom. The Kier molecular flexibility index (Phi) is 6.89. The third kappa shape index (κ3) is 5.83. The van der Waals surface area contributed by atoms with Gasteiger partial charge in [-0.05, 0) is 35.7 Å². The van der Waals surface area contributed by atoms with Crippen molar-refractivity contribution in [2.24, 2.45) is 11.0 Å². The number of halogens is 1. The SMILES string of the molecule is CC(C)C(NC(=O)c1ccccc1)C(=O)NN=Cc1cccc(Br)c1. The molecule has 2 amide bonds. The van der Waals surface area contributed by atoms with Crippen LogP contribution >= 0.6 is 15.9 Å². The molecule has 6 heteroatoms. The lowest BCUT2D eigenvalue weighted by molar-refractivity contribution is -0.123. The molecule has 2 N–H and O–H groups in total. The number of carbonyl (C=O) groups excluding carboxylic acids is 2. The lowest BCUT2D eigenvalue weighted by atomic mass is 10.0. The van der Waals surface area contributed by atoms with Crippen molar-refractivity contribution in [3.63, 3.8) is 0 Å². The third-order valence-electron chi connectivity index (χ3n) is 3.51. The van der Waals surface area contributed by atoms with E-state index >= 15 is 0 Å². The van der Waals surface area contributed by atoms with Crippen LogP contribution in [-0.2, 0) is 4.79 Å². The summed E-state index contributed by atoms with van der Waals surface area (Å²) in [6, 6.07) is 15.7. The molecule has 0 heterocycles. The summed E-state index contributed by atoms with van der Waals surface area (Å²) in [4.78, 5) is 24.6. The fourth-order valence-electron chi connectivity index (χ4n) is 2.18. The van der Waals surface area contributed by atoms with Gasteiger partial charge < -0.3 is 5.32 Å². The number of nitrogens with one attached hydrogen (secondary N) is 2. The first kappa shape index (κ1) is 18.9. The van der Waals surface area contributed by atoms with Crippen molar-refractivity contribution >= 4 is 34.0 Å². The molecular formula is C19H20BrN3O2. The van der Waals surface area contributed by atoms with Crippen LogP contribution in [0.5, 0.6) is 0 Å². The third-order valence-corrected chi connectivity index (χ3v) is 4.00.